The first-order chi connectivity index (χ1) is 16.4. The van der Waals surface area contributed by atoms with Gasteiger partial charge in [-0.2, -0.15) is 21.3 Å². The second kappa shape index (κ2) is 8.46. The average molecular weight is 511 g/mol. The Hall–Kier alpha value is -3.91. The summed E-state index contributed by atoms with van der Waals surface area (Å²) >= 11 is 14.7. The fourth-order valence-corrected chi connectivity index (χ4v) is 4.98. The zero-order chi connectivity index (χ0) is 24.0. The van der Waals surface area contributed by atoms with Crippen LogP contribution < -0.4 is 16.8 Å². The number of nitriles is 1. The molecule has 9 nitrogen and oxygen atoms in total. The maximum absolute atomic E-state index is 12.6. The number of H-pyrrole nitrogens is 1. The van der Waals surface area contributed by atoms with Gasteiger partial charge >= 0.3 is 5.69 Å². The Morgan fingerprint density at radius 1 is 1.06 bits per heavy atom. The summed E-state index contributed by atoms with van der Waals surface area (Å²) in [6, 6.07) is 11.5. The van der Waals surface area contributed by atoms with E-state index in [0.717, 1.165) is 10.2 Å². The second-order valence-corrected chi connectivity index (χ2v) is 8.83. The first kappa shape index (κ1) is 21.9. The largest absolute Gasteiger partial charge is 0.349 e. The van der Waals surface area contributed by atoms with Crippen LogP contribution in [0.1, 0.15) is 11.3 Å². The summed E-state index contributed by atoms with van der Waals surface area (Å²) in [5.41, 5.74) is 0.686. The van der Waals surface area contributed by atoms with Gasteiger partial charge in [0.2, 0.25) is 5.69 Å². The van der Waals surface area contributed by atoms with Crippen LogP contribution in [0, 0.1) is 11.3 Å². The lowest BCUT2D eigenvalue weighted by Crippen LogP contribution is -2.33. The number of pyridine rings is 1. The van der Waals surface area contributed by atoms with Crippen LogP contribution in [-0.2, 0) is 6.54 Å². The third-order valence-corrected chi connectivity index (χ3v) is 6.49. The zero-order valence-electron chi connectivity index (χ0n) is 17.0. The number of nitrogens with zero attached hydrogens (tertiary/aromatic N) is 5. The Morgan fingerprint density at radius 3 is 2.50 bits per heavy atom. The molecule has 0 spiro atoms. The molecule has 4 aromatic heterocycles. The summed E-state index contributed by atoms with van der Waals surface area (Å²) in [6.45, 7) is 0.423. The van der Waals surface area contributed by atoms with E-state index in [0.29, 0.717) is 23.3 Å². The van der Waals surface area contributed by atoms with Gasteiger partial charge < -0.3 is 9.13 Å². The van der Waals surface area contributed by atoms with Crippen molar-refractivity contribution in [2.45, 2.75) is 6.54 Å². The molecule has 4 heterocycles. The van der Waals surface area contributed by atoms with Gasteiger partial charge in [-0.15, -0.1) is 5.10 Å². The summed E-state index contributed by atoms with van der Waals surface area (Å²) in [5, 5.41) is 17.2. The molecule has 12 heteroatoms. The Labute approximate surface area is 204 Å². The number of thiophene rings is 1. The molecule has 0 saturated carbocycles. The molecule has 1 N–H and O–H groups in total. The number of hydrogen-bond donors (Lipinski definition) is 1. The van der Waals surface area contributed by atoms with Gasteiger partial charge in [0.1, 0.15) is 6.07 Å². The van der Waals surface area contributed by atoms with Crippen LogP contribution in [0.25, 0.3) is 22.4 Å². The molecule has 0 radical (unpaired) electrons. The highest BCUT2D eigenvalue weighted by atomic mass is 35.5. The SMILES string of the molecule is N#Cc1nn(-c2cc(Cl)c(-n3ccc4c3ccc(=O)n4Cc3ccsc3)c(Cl)c2)c(=O)[nH]c1=O. The third kappa shape index (κ3) is 3.66. The summed E-state index contributed by atoms with van der Waals surface area (Å²) in [7, 11) is 0. The minimum Gasteiger partial charge on any atom is -0.312 e. The first-order valence-electron chi connectivity index (χ1n) is 9.73. The van der Waals surface area contributed by atoms with E-state index in [1.54, 1.807) is 44.9 Å². The normalized spacial score (nSPS) is 11.1. The maximum Gasteiger partial charge on any atom is 0.349 e. The van der Waals surface area contributed by atoms with E-state index in [2.05, 4.69) is 5.10 Å². The molecule has 168 valence electrons. The molecule has 0 aliphatic carbocycles. The number of aromatic amines is 1. The molecular weight excluding hydrogens is 499 g/mol. The van der Waals surface area contributed by atoms with E-state index in [1.165, 1.54) is 18.2 Å². The van der Waals surface area contributed by atoms with Crippen molar-refractivity contribution in [1.29, 1.82) is 5.26 Å². The number of benzene rings is 1. The Balaban J connectivity index is 1.65. The van der Waals surface area contributed by atoms with Crippen LogP contribution in [0.3, 0.4) is 0 Å². The molecule has 0 unspecified atom stereocenters. The summed E-state index contributed by atoms with van der Waals surface area (Å²) in [4.78, 5) is 38.5. The predicted octanol–water partition coefficient (Wildman–Crippen LogP) is 3.31. The highest BCUT2D eigenvalue weighted by molar-refractivity contribution is 7.07. The van der Waals surface area contributed by atoms with Gasteiger partial charge in [-0.3, -0.25) is 14.6 Å². The highest BCUT2D eigenvalue weighted by Gasteiger charge is 2.17. The van der Waals surface area contributed by atoms with Crippen molar-refractivity contribution in [1.82, 2.24) is 23.9 Å². The van der Waals surface area contributed by atoms with E-state index in [1.807, 2.05) is 21.8 Å². The predicted molar refractivity (Wildman–Crippen MR) is 130 cm³/mol. The standard InChI is InChI=1S/C22H12Cl2N6O3S/c23-14-7-13(30-22(33)26-21(32)16(9-25)27-30)8-15(24)20(14)28-5-3-18-17(28)1-2-19(31)29(18)10-12-4-6-34-11-12/h1-8,11H,10H2,(H,26,32,33). The van der Waals surface area contributed by atoms with Crippen molar-refractivity contribution in [3.63, 3.8) is 0 Å². The van der Waals surface area contributed by atoms with Crippen molar-refractivity contribution in [2.75, 3.05) is 0 Å². The lowest BCUT2D eigenvalue weighted by Gasteiger charge is -2.14. The molecule has 0 aliphatic rings. The molecular formula is C22H12Cl2N6O3S. The molecule has 0 fully saturated rings. The molecule has 0 bridgehead atoms. The van der Waals surface area contributed by atoms with Gasteiger partial charge in [-0.25, -0.2) is 4.79 Å². The van der Waals surface area contributed by atoms with Gasteiger partial charge in [0, 0.05) is 12.3 Å². The molecule has 34 heavy (non-hydrogen) atoms. The summed E-state index contributed by atoms with van der Waals surface area (Å²) in [6.07, 6.45) is 1.75. The number of hydrogen-bond acceptors (Lipinski definition) is 6. The minimum absolute atomic E-state index is 0.138. The van der Waals surface area contributed by atoms with E-state index >= 15 is 0 Å². The fraction of sp³-hybridized carbons (Fsp3) is 0.0455. The zero-order valence-corrected chi connectivity index (χ0v) is 19.4. The van der Waals surface area contributed by atoms with Gasteiger partial charge in [-0.1, -0.05) is 23.2 Å². The van der Waals surface area contributed by atoms with Crippen LogP contribution in [0.15, 0.2) is 67.7 Å². The fourth-order valence-electron chi connectivity index (χ4n) is 3.66. The molecule has 0 atom stereocenters. The quantitative estimate of drug-likeness (QED) is 0.397. The second-order valence-electron chi connectivity index (χ2n) is 7.24. The molecule has 1 aromatic carbocycles. The van der Waals surface area contributed by atoms with E-state index < -0.39 is 16.9 Å². The maximum atomic E-state index is 12.6. The monoisotopic (exact) mass is 510 g/mol. The summed E-state index contributed by atoms with van der Waals surface area (Å²) < 4.78 is 4.25. The highest BCUT2D eigenvalue weighted by Crippen LogP contribution is 2.33. The lowest BCUT2D eigenvalue weighted by molar-refractivity contribution is 0.740. The van der Waals surface area contributed by atoms with E-state index in [4.69, 9.17) is 28.5 Å². The Bertz CT molecular complexity index is 1770. The van der Waals surface area contributed by atoms with Crippen LogP contribution >= 0.6 is 34.5 Å². The number of fused-ring (bicyclic) bond motifs is 1. The molecule has 0 aliphatic heterocycles. The van der Waals surface area contributed by atoms with Gasteiger partial charge in [-0.05, 0) is 46.7 Å². The van der Waals surface area contributed by atoms with Crippen molar-refractivity contribution in [3.8, 4) is 17.4 Å². The van der Waals surface area contributed by atoms with Crippen molar-refractivity contribution in [2.24, 2.45) is 0 Å². The molecule has 5 aromatic rings. The third-order valence-electron chi connectivity index (χ3n) is 5.19. The van der Waals surface area contributed by atoms with Crippen molar-refractivity contribution < 1.29 is 0 Å². The minimum atomic E-state index is -0.884. The van der Waals surface area contributed by atoms with Gasteiger partial charge in [0.25, 0.3) is 11.1 Å². The van der Waals surface area contributed by atoms with E-state index in [9.17, 15) is 14.4 Å². The van der Waals surface area contributed by atoms with Crippen molar-refractivity contribution >= 4 is 45.6 Å². The topological polar surface area (TPSA) is 118 Å². The number of halogens is 2. The number of nitrogens with one attached hydrogen (secondary N) is 1. The number of aromatic nitrogens is 5. The van der Waals surface area contributed by atoms with Crippen LogP contribution in [0.5, 0.6) is 0 Å². The number of rotatable bonds is 4. The summed E-state index contributed by atoms with van der Waals surface area (Å²) in [5.74, 6) is 0. The smallest absolute Gasteiger partial charge is 0.312 e. The van der Waals surface area contributed by atoms with Gasteiger partial charge in [0.15, 0.2) is 0 Å². The van der Waals surface area contributed by atoms with Crippen LogP contribution in [-0.4, -0.2) is 23.9 Å². The van der Waals surface area contributed by atoms with Crippen LogP contribution in [0.4, 0.5) is 0 Å². The van der Waals surface area contributed by atoms with Gasteiger partial charge in [0.05, 0.1) is 39.0 Å². The van der Waals surface area contributed by atoms with Crippen LogP contribution in [0.2, 0.25) is 10.0 Å². The Kier molecular flexibility index (Phi) is 5.45. The average Bonchev–Trinajstić information content (AvgIpc) is 3.46. The Morgan fingerprint density at radius 2 is 1.82 bits per heavy atom. The van der Waals surface area contributed by atoms with E-state index in [-0.39, 0.29) is 21.3 Å². The molecule has 0 saturated heterocycles. The molecule has 5 rings (SSSR count). The lowest BCUT2D eigenvalue weighted by atomic mass is 10.2. The first-order valence-corrected chi connectivity index (χ1v) is 11.4. The molecule has 0 amide bonds. The van der Waals surface area contributed by atoms with Crippen molar-refractivity contribution in [3.05, 3.63) is 106 Å².